The van der Waals surface area contributed by atoms with Gasteiger partial charge in [0.2, 0.25) is 0 Å². The van der Waals surface area contributed by atoms with E-state index in [0.717, 1.165) is 32.2 Å². The maximum Gasteiger partial charge on any atom is 0.341 e. The lowest BCUT2D eigenvalue weighted by molar-refractivity contribution is -0.0115. The third kappa shape index (κ3) is 3.57. The van der Waals surface area contributed by atoms with Gasteiger partial charge in [0.15, 0.2) is 0 Å². The molecule has 5 nitrogen and oxygen atoms in total. The number of nitrogens with one attached hydrogen (secondary N) is 1. The van der Waals surface area contributed by atoms with E-state index in [1.165, 1.54) is 12.8 Å². The van der Waals surface area contributed by atoms with Crippen molar-refractivity contribution in [3.63, 3.8) is 0 Å². The summed E-state index contributed by atoms with van der Waals surface area (Å²) in [7, 11) is 0. The molecular formula is C12H22N2O3. The van der Waals surface area contributed by atoms with E-state index < -0.39 is 0 Å². The highest BCUT2D eigenvalue weighted by atomic mass is 16.7. The first-order valence-corrected chi connectivity index (χ1v) is 6.61. The Labute approximate surface area is 102 Å². The first-order valence-electron chi connectivity index (χ1n) is 6.61. The van der Waals surface area contributed by atoms with Gasteiger partial charge in [-0.2, -0.15) is 0 Å². The van der Waals surface area contributed by atoms with Crippen LogP contribution in [0, 0.1) is 5.92 Å². The molecule has 2 N–H and O–H groups in total. The fourth-order valence-electron chi connectivity index (χ4n) is 2.60. The predicted octanol–water partition coefficient (Wildman–Crippen LogP) is 1.27. The number of hydrogen-bond acceptors (Lipinski definition) is 3. The lowest BCUT2D eigenvalue weighted by Gasteiger charge is -2.31. The van der Waals surface area contributed by atoms with E-state index in [2.05, 4.69) is 5.48 Å². The molecule has 2 amide bonds. The van der Waals surface area contributed by atoms with Gasteiger partial charge in [0.05, 0.1) is 6.10 Å². The summed E-state index contributed by atoms with van der Waals surface area (Å²) in [4.78, 5) is 18.9. The van der Waals surface area contributed by atoms with E-state index in [9.17, 15) is 4.79 Å². The largest absolute Gasteiger partial charge is 0.396 e. The lowest BCUT2D eigenvalue weighted by atomic mass is 9.99. The Hall–Kier alpha value is -0.810. The number of likely N-dealkylation sites (tertiary alicyclic amines) is 1. The summed E-state index contributed by atoms with van der Waals surface area (Å²) in [5, 5.41) is 9.10. The highest BCUT2D eigenvalue weighted by Crippen LogP contribution is 2.20. The van der Waals surface area contributed by atoms with E-state index in [4.69, 9.17) is 9.94 Å². The summed E-state index contributed by atoms with van der Waals surface area (Å²) in [6, 6.07) is -0.157. The van der Waals surface area contributed by atoms with Crippen LogP contribution in [-0.4, -0.2) is 41.8 Å². The number of hydrogen-bond donors (Lipinski definition) is 2. The Morgan fingerprint density at radius 3 is 2.76 bits per heavy atom. The van der Waals surface area contributed by atoms with Crippen LogP contribution in [0.25, 0.3) is 0 Å². The minimum Gasteiger partial charge on any atom is -0.396 e. The van der Waals surface area contributed by atoms with Gasteiger partial charge in [0, 0.05) is 19.7 Å². The van der Waals surface area contributed by atoms with E-state index in [1.807, 2.05) is 0 Å². The molecule has 17 heavy (non-hydrogen) atoms. The second-order valence-corrected chi connectivity index (χ2v) is 5.07. The van der Waals surface area contributed by atoms with Crippen LogP contribution in [-0.2, 0) is 4.84 Å². The second kappa shape index (κ2) is 6.21. The van der Waals surface area contributed by atoms with E-state index in [1.54, 1.807) is 4.90 Å². The normalized spacial score (nSPS) is 26.2. The van der Waals surface area contributed by atoms with Crippen LogP contribution in [0.15, 0.2) is 0 Å². The van der Waals surface area contributed by atoms with Gasteiger partial charge in [0.25, 0.3) is 0 Å². The molecule has 5 heteroatoms. The van der Waals surface area contributed by atoms with Crippen LogP contribution in [0.2, 0.25) is 0 Å². The number of nitrogens with zero attached hydrogens (tertiary/aromatic N) is 1. The molecule has 1 atom stereocenters. The first-order chi connectivity index (χ1) is 8.29. The molecule has 1 unspecified atom stereocenters. The second-order valence-electron chi connectivity index (χ2n) is 5.07. The Balaban J connectivity index is 1.71. The van der Waals surface area contributed by atoms with Crippen molar-refractivity contribution in [1.29, 1.82) is 0 Å². The molecule has 0 aromatic rings. The summed E-state index contributed by atoms with van der Waals surface area (Å²) >= 11 is 0. The number of hydroxylamine groups is 1. The van der Waals surface area contributed by atoms with E-state index >= 15 is 0 Å². The molecule has 0 spiro atoms. The Morgan fingerprint density at radius 2 is 2.06 bits per heavy atom. The lowest BCUT2D eigenvalue weighted by Crippen LogP contribution is -2.46. The van der Waals surface area contributed by atoms with Gasteiger partial charge in [-0.25, -0.2) is 10.3 Å². The van der Waals surface area contributed by atoms with E-state index in [0.29, 0.717) is 6.54 Å². The van der Waals surface area contributed by atoms with Gasteiger partial charge in [-0.05, 0) is 31.6 Å². The van der Waals surface area contributed by atoms with E-state index in [-0.39, 0.29) is 24.7 Å². The number of urea groups is 1. The summed E-state index contributed by atoms with van der Waals surface area (Å²) in [6.45, 7) is 1.56. The maximum absolute atomic E-state index is 11.8. The molecule has 0 aromatic heterocycles. The van der Waals surface area contributed by atoms with Crippen LogP contribution in [0.4, 0.5) is 4.79 Å². The van der Waals surface area contributed by atoms with Gasteiger partial charge >= 0.3 is 6.03 Å². The highest BCUT2D eigenvalue weighted by Gasteiger charge is 2.24. The maximum atomic E-state index is 11.8. The molecule has 98 valence electrons. The molecule has 2 aliphatic rings. The smallest absolute Gasteiger partial charge is 0.341 e. The number of piperidine rings is 1. The van der Waals surface area contributed by atoms with Crippen molar-refractivity contribution in [1.82, 2.24) is 10.4 Å². The number of aliphatic hydroxyl groups excluding tert-OH is 1. The van der Waals surface area contributed by atoms with Gasteiger partial charge in [-0.3, -0.25) is 4.84 Å². The predicted molar refractivity (Wildman–Crippen MR) is 63.3 cm³/mol. The minimum atomic E-state index is -0.157. The quantitative estimate of drug-likeness (QED) is 0.733. The number of amides is 2. The molecule has 1 saturated heterocycles. The van der Waals surface area contributed by atoms with Crippen molar-refractivity contribution in [3.8, 4) is 0 Å². The van der Waals surface area contributed by atoms with Gasteiger partial charge in [-0.1, -0.05) is 12.8 Å². The molecule has 1 aliphatic carbocycles. The summed E-state index contributed by atoms with van der Waals surface area (Å²) in [6.07, 6.45) is 6.62. The van der Waals surface area contributed by atoms with Crippen LogP contribution < -0.4 is 5.48 Å². The molecule has 0 bridgehead atoms. The van der Waals surface area contributed by atoms with Crippen LogP contribution in [0.3, 0.4) is 0 Å². The first kappa shape index (κ1) is 12.6. The van der Waals surface area contributed by atoms with Crippen molar-refractivity contribution in [2.24, 2.45) is 5.92 Å². The van der Waals surface area contributed by atoms with Crippen molar-refractivity contribution < 1.29 is 14.7 Å². The fraction of sp³-hybridized carbons (Fsp3) is 0.917. The number of carbonyl (C=O) groups is 1. The topological polar surface area (TPSA) is 61.8 Å². The van der Waals surface area contributed by atoms with Crippen molar-refractivity contribution in [2.75, 3.05) is 19.7 Å². The third-order valence-electron chi connectivity index (χ3n) is 3.68. The fourth-order valence-corrected chi connectivity index (χ4v) is 2.60. The van der Waals surface area contributed by atoms with Crippen LogP contribution >= 0.6 is 0 Å². The molecule has 2 rings (SSSR count). The molecule has 1 saturated carbocycles. The van der Waals surface area contributed by atoms with Crippen LogP contribution in [0.1, 0.15) is 38.5 Å². The van der Waals surface area contributed by atoms with Crippen molar-refractivity contribution in [2.45, 2.75) is 44.6 Å². The zero-order valence-electron chi connectivity index (χ0n) is 10.2. The monoisotopic (exact) mass is 242 g/mol. The van der Waals surface area contributed by atoms with Crippen molar-refractivity contribution in [3.05, 3.63) is 0 Å². The third-order valence-corrected chi connectivity index (χ3v) is 3.68. The molecule has 0 aromatic carbocycles. The Kier molecular flexibility index (Phi) is 4.62. The van der Waals surface area contributed by atoms with Gasteiger partial charge < -0.3 is 10.0 Å². The zero-order chi connectivity index (χ0) is 12.1. The molecule has 2 fully saturated rings. The minimum absolute atomic E-state index is 0.157. The number of aliphatic hydroxyl groups is 1. The molecule has 1 heterocycles. The summed E-state index contributed by atoms with van der Waals surface area (Å²) in [5.41, 5.74) is 2.54. The highest BCUT2D eigenvalue weighted by molar-refractivity contribution is 5.73. The zero-order valence-corrected chi connectivity index (χ0v) is 10.2. The Bertz CT molecular complexity index is 254. The summed E-state index contributed by atoms with van der Waals surface area (Å²) < 4.78 is 0. The molecular weight excluding hydrogens is 220 g/mol. The van der Waals surface area contributed by atoms with Crippen LogP contribution in [0.5, 0.6) is 0 Å². The molecule has 0 radical (unpaired) electrons. The number of carbonyl (C=O) groups excluding carboxylic acids is 1. The number of rotatable bonds is 3. The SMILES string of the molecule is O=C(NOC1CCCC1)N1CCCC(CO)C1. The average molecular weight is 242 g/mol. The van der Waals surface area contributed by atoms with Gasteiger partial charge in [0.1, 0.15) is 0 Å². The average Bonchev–Trinajstić information content (AvgIpc) is 2.89. The standard InChI is InChI=1S/C12H22N2O3/c15-9-10-4-3-7-14(8-10)12(16)13-17-11-5-1-2-6-11/h10-11,15H,1-9H2,(H,13,16). The Morgan fingerprint density at radius 1 is 1.29 bits per heavy atom. The van der Waals surface area contributed by atoms with Crippen molar-refractivity contribution >= 4 is 6.03 Å². The van der Waals surface area contributed by atoms with Gasteiger partial charge in [-0.15, -0.1) is 0 Å². The summed E-state index contributed by atoms with van der Waals surface area (Å²) in [5.74, 6) is 0.223. The molecule has 1 aliphatic heterocycles.